The lowest BCUT2D eigenvalue weighted by atomic mass is 10.2. The Morgan fingerprint density at radius 3 is 2.76 bits per heavy atom. The number of amides is 1. The second kappa shape index (κ2) is 7.14. The van der Waals surface area contributed by atoms with E-state index in [1.807, 2.05) is 6.92 Å². The van der Waals surface area contributed by atoms with Crippen LogP contribution in [0.3, 0.4) is 0 Å². The monoisotopic (exact) mass is 404 g/mol. The Morgan fingerprint density at radius 1 is 1.28 bits per heavy atom. The van der Waals surface area contributed by atoms with Gasteiger partial charge in [-0.25, -0.2) is 4.79 Å². The van der Waals surface area contributed by atoms with Crippen LogP contribution in [-0.4, -0.2) is 17.6 Å². The number of benzene rings is 2. The highest BCUT2D eigenvalue weighted by atomic mass is 79.9. The van der Waals surface area contributed by atoms with Crippen molar-refractivity contribution in [2.75, 3.05) is 12.4 Å². The van der Waals surface area contributed by atoms with Gasteiger partial charge < -0.3 is 14.5 Å². The molecule has 0 aliphatic rings. The fourth-order valence-corrected chi connectivity index (χ4v) is 3.13. The smallest absolute Gasteiger partial charge is 0.419 e. The van der Waals surface area contributed by atoms with Gasteiger partial charge in [0.05, 0.1) is 17.1 Å². The number of nitrogens with one attached hydrogen (secondary N) is 1. The molecule has 0 saturated heterocycles. The van der Waals surface area contributed by atoms with E-state index in [0.29, 0.717) is 33.6 Å². The molecule has 0 bridgehead atoms. The van der Waals surface area contributed by atoms with Gasteiger partial charge >= 0.3 is 5.76 Å². The van der Waals surface area contributed by atoms with Crippen LogP contribution in [0.2, 0.25) is 0 Å². The molecule has 25 heavy (non-hydrogen) atoms. The standard InChI is InChI=1S/C18H17BrN2O4/c1-3-8-21-14-6-5-12(10-16(14)25-18(21)23)20-17(22)11-4-7-15(24-2)13(19)9-11/h4-7,9-10H,3,8H2,1-2H3,(H,20,22). The van der Waals surface area contributed by atoms with Gasteiger partial charge in [0, 0.05) is 23.9 Å². The second-order valence-electron chi connectivity index (χ2n) is 5.51. The maximum absolute atomic E-state index is 12.4. The van der Waals surface area contributed by atoms with Crippen LogP contribution in [0.1, 0.15) is 23.7 Å². The maximum Gasteiger partial charge on any atom is 0.419 e. The minimum absolute atomic E-state index is 0.266. The van der Waals surface area contributed by atoms with Crippen LogP contribution in [0.15, 0.2) is 50.1 Å². The number of ether oxygens (including phenoxy) is 1. The zero-order valence-corrected chi connectivity index (χ0v) is 15.4. The maximum atomic E-state index is 12.4. The summed E-state index contributed by atoms with van der Waals surface area (Å²) < 4.78 is 12.7. The third-order valence-corrected chi connectivity index (χ3v) is 4.41. The molecule has 130 valence electrons. The molecule has 3 rings (SSSR count). The van der Waals surface area contributed by atoms with Crippen molar-refractivity contribution in [1.29, 1.82) is 0 Å². The molecule has 0 radical (unpaired) electrons. The first-order valence-corrected chi connectivity index (χ1v) is 8.61. The fraction of sp³-hybridized carbons (Fsp3) is 0.222. The summed E-state index contributed by atoms with van der Waals surface area (Å²) in [5.41, 5.74) is 2.21. The van der Waals surface area contributed by atoms with Gasteiger partial charge in [0.2, 0.25) is 0 Å². The second-order valence-corrected chi connectivity index (χ2v) is 6.36. The predicted molar refractivity (Wildman–Crippen MR) is 99.4 cm³/mol. The number of halogens is 1. The normalized spacial score (nSPS) is 10.8. The zero-order chi connectivity index (χ0) is 18.0. The van der Waals surface area contributed by atoms with Crippen molar-refractivity contribution in [3.8, 4) is 5.75 Å². The Bertz CT molecular complexity index is 990. The van der Waals surface area contributed by atoms with Crippen LogP contribution in [0.5, 0.6) is 5.75 Å². The molecule has 0 unspecified atom stereocenters. The lowest BCUT2D eigenvalue weighted by molar-refractivity contribution is 0.102. The summed E-state index contributed by atoms with van der Waals surface area (Å²) in [7, 11) is 1.56. The predicted octanol–water partition coefficient (Wildman–Crippen LogP) is 4.03. The average molecular weight is 405 g/mol. The molecule has 0 spiro atoms. The zero-order valence-electron chi connectivity index (χ0n) is 13.8. The minimum Gasteiger partial charge on any atom is -0.496 e. The van der Waals surface area contributed by atoms with Gasteiger partial charge in [0.25, 0.3) is 5.91 Å². The molecule has 1 aromatic heterocycles. The number of nitrogens with zero attached hydrogens (tertiary/aromatic N) is 1. The highest BCUT2D eigenvalue weighted by Crippen LogP contribution is 2.26. The summed E-state index contributed by atoms with van der Waals surface area (Å²) in [4.78, 5) is 24.3. The molecule has 1 amide bonds. The first-order valence-electron chi connectivity index (χ1n) is 7.81. The molecular formula is C18H17BrN2O4. The van der Waals surface area contributed by atoms with E-state index < -0.39 is 0 Å². The largest absolute Gasteiger partial charge is 0.496 e. The molecule has 0 aliphatic carbocycles. The van der Waals surface area contributed by atoms with Gasteiger partial charge in [-0.2, -0.15) is 0 Å². The molecule has 6 nitrogen and oxygen atoms in total. The Hall–Kier alpha value is -2.54. The van der Waals surface area contributed by atoms with Crippen LogP contribution in [0.25, 0.3) is 11.1 Å². The summed E-state index contributed by atoms with van der Waals surface area (Å²) in [5.74, 6) is -0.00513. The summed E-state index contributed by atoms with van der Waals surface area (Å²) in [6, 6.07) is 10.3. The summed E-state index contributed by atoms with van der Waals surface area (Å²) >= 11 is 3.36. The molecule has 0 saturated carbocycles. The SMILES string of the molecule is CCCn1c(=O)oc2cc(NC(=O)c3ccc(OC)c(Br)c3)ccc21. The summed E-state index contributed by atoms with van der Waals surface area (Å²) in [6.45, 7) is 2.59. The highest BCUT2D eigenvalue weighted by Gasteiger charge is 2.12. The first-order chi connectivity index (χ1) is 12.0. The number of hydrogen-bond donors (Lipinski definition) is 1. The molecule has 7 heteroatoms. The van der Waals surface area contributed by atoms with E-state index in [9.17, 15) is 9.59 Å². The molecule has 2 aromatic carbocycles. The molecule has 1 heterocycles. The van der Waals surface area contributed by atoms with E-state index in [-0.39, 0.29) is 11.7 Å². The van der Waals surface area contributed by atoms with E-state index in [4.69, 9.17) is 9.15 Å². The quantitative estimate of drug-likeness (QED) is 0.696. The number of carbonyl (C=O) groups excluding carboxylic acids is 1. The van der Waals surface area contributed by atoms with Crippen LogP contribution in [0, 0.1) is 0 Å². The molecule has 3 aromatic rings. The number of hydrogen-bond acceptors (Lipinski definition) is 4. The number of anilines is 1. The van der Waals surface area contributed by atoms with E-state index in [2.05, 4.69) is 21.2 Å². The van der Waals surface area contributed by atoms with Crippen molar-refractivity contribution in [3.63, 3.8) is 0 Å². The fourth-order valence-electron chi connectivity index (χ4n) is 2.59. The number of aryl methyl sites for hydroxylation is 1. The molecular weight excluding hydrogens is 388 g/mol. The van der Waals surface area contributed by atoms with Gasteiger partial charge in [-0.1, -0.05) is 6.92 Å². The Labute approximate surface area is 152 Å². The van der Waals surface area contributed by atoms with Crippen LogP contribution in [0.4, 0.5) is 5.69 Å². The average Bonchev–Trinajstić information content (AvgIpc) is 2.90. The first kappa shape index (κ1) is 17.3. The van der Waals surface area contributed by atoms with Crippen molar-refractivity contribution in [1.82, 2.24) is 4.57 Å². The van der Waals surface area contributed by atoms with E-state index >= 15 is 0 Å². The van der Waals surface area contributed by atoms with Gasteiger partial charge in [-0.05, 0) is 52.7 Å². The Balaban J connectivity index is 1.86. The van der Waals surface area contributed by atoms with Crippen molar-refractivity contribution in [3.05, 3.63) is 57.0 Å². The number of methoxy groups -OCH3 is 1. The van der Waals surface area contributed by atoms with Crippen LogP contribution in [-0.2, 0) is 6.54 Å². The Kier molecular flexibility index (Phi) is 4.94. The van der Waals surface area contributed by atoms with Crippen LogP contribution < -0.4 is 15.8 Å². The lowest BCUT2D eigenvalue weighted by Crippen LogP contribution is -2.13. The number of aromatic nitrogens is 1. The highest BCUT2D eigenvalue weighted by molar-refractivity contribution is 9.10. The molecule has 0 fully saturated rings. The Morgan fingerprint density at radius 2 is 2.08 bits per heavy atom. The third kappa shape index (κ3) is 3.46. The van der Waals surface area contributed by atoms with Gasteiger partial charge in [0.1, 0.15) is 5.75 Å². The number of oxazole rings is 1. The van der Waals surface area contributed by atoms with Gasteiger partial charge in [0.15, 0.2) is 5.58 Å². The van der Waals surface area contributed by atoms with E-state index in [0.717, 1.165) is 11.9 Å². The minimum atomic E-state index is -0.389. The molecule has 0 aliphatic heterocycles. The topological polar surface area (TPSA) is 73.5 Å². The number of rotatable bonds is 5. The van der Waals surface area contributed by atoms with Gasteiger partial charge in [-0.15, -0.1) is 0 Å². The third-order valence-electron chi connectivity index (χ3n) is 3.79. The van der Waals surface area contributed by atoms with Gasteiger partial charge in [-0.3, -0.25) is 9.36 Å². The number of fused-ring (bicyclic) bond motifs is 1. The van der Waals surface area contributed by atoms with E-state index in [1.54, 1.807) is 48.1 Å². The van der Waals surface area contributed by atoms with Crippen LogP contribution >= 0.6 is 15.9 Å². The summed E-state index contributed by atoms with van der Waals surface area (Å²) in [5, 5.41) is 2.80. The van der Waals surface area contributed by atoms with Crippen molar-refractivity contribution in [2.45, 2.75) is 19.9 Å². The van der Waals surface area contributed by atoms with E-state index in [1.165, 1.54) is 0 Å². The molecule has 0 atom stereocenters. The lowest BCUT2D eigenvalue weighted by Gasteiger charge is -2.08. The van der Waals surface area contributed by atoms with Crippen molar-refractivity contribution < 1.29 is 13.9 Å². The van der Waals surface area contributed by atoms with Crippen molar-refractivity contribution >= 4 is 38.6 Å². The molecule has 1 N–H and O–H groups in total. The summed E-state index contributed by atoms with van der Waals surface area (Å²) in [6.07, 6.45) is 0.833. The number of carbonyl (C=O) groups is 1. The van der Waals surface area contributed by atoms with Crippen molar-refractivity contribution in [2.24, 2.45) is 0 Å².